The minimum atomic E-state index is -0.544. The number of benzene rings is 1. The number of carbonyl (C=O) groups excluding carboxylic acids is 1. The summed E-state index contributed by atoms with van der Waals surface area (Å²) >= 11 is 5.96. The molecular formula is C19H21ClN2O2. The number of anilines is 1. The molecule has 0 bridgehead atoms. The number of aromatic nitrogens is 1. The summed E-state index contributed by atoms with van der Waals surface area (Å²) < 4.78 is 5.60. The van der Waals surface area contributed by atoms with Crippen molar-refractivity contribution in [1.82, 2.24) is 4.98 Å². The van der Waals surface area contributed by atoms with Gasteiger partial charge in [0, 0.05) is 23.1 Å². The fourth-order valence-electron chi connectivity index (χ4n) is 2.21. The highest BCUT2D eigenvalue weighted by molar-refractivity contribution is 6.30. The number of carbonyl (C=O) groups is 1. The quantitative estimate of drug-likeness (QED) is 0.531. The molecule has 4 nitrogen and oxygen atoms in total. The first-order chi connectivity index (χ1) is 11.6. The summed E-state index contributed by atoms with van der Waals surface area (Å²) in [5.74, 6) is -0.106. The Morgan fingerprint density at radius 3 is 2.75 bits per heavy atom. The number of nitrogens with zero attached hydrogens (tertiary/aromatic N) is 2. The molecule has 1 aromatic carbocycles. The lowest BCUT2D eigenvalue weighted by atomic mass is 10.2. The van der Waals surface area contributed by atoms with E-state index in [-0.39, 0.29) is 5.91 Å². The number of halogens is 1. The minimum Gasteiger partial charge on any atom is -0.368 e. The van der Waals surface area contributed by atoms with E-state index < -0.39 is 6.10 Å². The monoisotopic (exact) mass is 344 g/mol. The van der Waals surface area contributed by atoms with Crippen LogP contribution in [0.4, 0.5) is 5.69 Å². The lowest BCUT2D eigenvalue weighted by Crippen LogP contribution is -2.39. The number of pyridine rings is 1. The summed E-state index contributed by atoms with van der Waals surface area (Å²) in [7, 11) is 0. The SMILES string of the molecule is C=CCCOC(C)C(=O)N(Cc1cccnc1)c1ccc(Cl)cc1. The van der Waals surface area contributed by atoms with Crippen LogP contribution in [-0.4, -0.2) is 23.6 Å². The number of hydrogen-bond donors (Lipinski definition) is 0. The first-order valence-corrected chi connectivity index (χ1v) is 8.18. The smallest absolute Gasteiger partial charge is 0.256 e. The Hall–Kier alpha value is -2.17. The molecule has 5 heteroatoms. The van der Waals surface area contributed by atoms with E-state index in [9.17, 15) is 4.79 Å². The maximum Gasteiger partial charge on any atom is 0.256 e. The summed E-state index contributed by atoms with van der Waals surface area (Å²) in [4.78, 5) is 18.6. The molecule has 1 atom stereocenters. The Bertz CT molecular complexity index is 659. The zero-order chi connectivity index (χ0) is 17.4. The predicted molar refractivity (Wildman–Crippen MR) is 97.1 cm³/mol. The summed E-state index contributed by atoms with van der Waals surface area (Å²) in [5, 5.41) is 0.628. The molecule has 0 fully saturated rings. The average molecular weight is 345 g/mol. The van der Waals surface area contributed by atoms with Gasteiger partial charge in [-0.2, -0.15) is 0 Å². The van der Waals surface area contributed by atoms with E-state index in [1.54, 1.807) is 42.4 Å². The standard InChI is InChI=1S/C19H21ClN2O2/c1-3-4-12-24-15(2)19(23)22(14-16-6-5-11-21-13-16)18-9-7-17(20)8-10-18/h3,5-11,13,15H,1,4,12,14H2,2H3. The number of hydrogen-bond acceptors (Lipinski definition) is 3. The van der Waals surface area contributed by atoms with Gasteiger partial charge in [-0.1, -0.05) is 23.7 Å². The third-order valence-electron chi connectivity index (χ3n) is 3.51. The van der Waals surface area contributed by atoms with Crippen molar-refractivity contribution in [2.45, 2.75) is 26.0 Å². The average Bonchev–Trinajstić information content (AvgIpc) is 2.61. The van der Waals surface area contributed by atoms with E-state index in [4.69, 9.17) is 16.3 Å². The molecule has 1 aromatic heterocycles. The highest BCUT2D eigenvalue weighted by atomic mass is 35.5. The summed E-state index contributed by atoms with van der Waals surface area (Å²) in [5.41, 5.74) is 1.71. The van der Waals surface area contributed by atoms with Gasteiger partial charge in [-0.15, -0.1) is 6.58 Å². The maximum atomic E-state index is 12.8. The molecule has 1 unspecified atom stereocenters. The van der Waals surface area contributed by atoms with Crippen molar-refractivity contribution >= 4 is 23.2 Å². The Morgan fingerprint density at radius 1 is 1.38 bits per heavy atom. The van der Waals surface area contributed by atoms with Crippen molar-refractivity contribution in [3.63, 3.8) is 0 Å². The summed E-state index contributed by atoms with van der Waals surface area (Å²) in [6, 6.07) is 11.0. The Kier molecular flexibility index (Phi) is 6.97. The molecule has 0 N–H and O–H groups in total. The Morgan fingerprint density at radius 2 is 2.12 bits per heavy atom. The van der Waals surface area contributed by atoms with Gasteiger partial charge in [-0.3, -0.25) is 9.78 Å². The van der Waals surface area contributed by atoms with Crippen LogP contribution in [0.5, 0.6) is 0 Å². The Balaban J connectivity index is 2.19. The van der Waals surface area contributed by atoms with Crippen LogP contribution in [0.3, 0.4) is 0 Å². The molecule has 24 heavy (non-hydrogen) atoms. The zero-order valence-corrected chi connectivity index (χ0v) is 14.4. The highest BCUT2D eigenvalue weighted by Gasteiger charge is 2.22. The molecular weight excluding hydrogens is 324 g/mol. The molecule has 1 amide bonds. The number of ether oxygens (including phenoxy) is 1. The summed E-state index contributed by atoms with van der Waals surface area (Å²) in [6.07, 6.45) is 5.39. The van der Waals surface area contributed by atoms with Crippen LogP contribution in [0, 0.1) is 0 Å². The van der Waals surface area contributed by atoms with Crippen molar-refractivity contribution in [3.05, 3.63) is 72.0 Å². The second kappa shape index (κ2) is 9.21. The third-order valence-corrected chi connectivity index (χ3v) is 3.76. The van der Waals surface area contributed by atoms with E-state index >= 15 is 0 Å². The van der Waals surface area contributed by atoms with Crippen molar-refractivity contribution in [1.29, 1.82) is 0 Å². The van der Waals surface area contributed by atoms with Gasteiger partial charge in [0.1, 0.15) is 6.10 Å². The minimum absolute atomic E-state index is 0.106. The van der Waals surface area contributed by atoms with Crippen LogP contribution in [0.25, 0.3) is 0 Å². The highest BCUT2D eigenvalue weighted by Crippen LogP contribution is 2.21. The molecule has 0 aliphatic carbocycles. The first-order valence-electron chi connectivity index (χ1n) is 7.80. The van der Waals surface area contributed by atoms with Crippen molar-refractivity contribution < 1.29 is 9.53 Å². The van der Waals surface area contributed by atoms with Crippen LogP contribution < -0.4 is 4.90 Å². The molecule has 0 spiro atoms. The molecule has 1 heterocycles. The van der Waals surface area contributed by atoms with E-state index in [1.807, 2.05) is 24.3 Å². The van der Waals surface area contributed by atoms with Gasteiger partial charge < -0.3 is 9.64 Å². The largest absolute Gasteiger partial charge is 0.368 e. The molecule has 0 aliphatic heterocycles. The lowest BCUT2D eigenvalue weighted by Gasteiger charge is -2.26. The zero-order valence-electron chi connectivity index (χ0n) is 13.7. The molecule has 0 aliphatic rings. The van der Waals surface area contributed by atoms with Gasteiger partial charge in [0.25, 0.3) is 5.91 Å². The van der Waals surface area contributed by atoms with Gasteiger partial charge in [0.2, 0.25) is 0 Å². The van der Waals surface area contributed by atoms with Gasteiger partial charge >= 0.3 is 0 Å². The number of amides is 1. The van der Waals surface area contributed by atoms with Crippen LogP contribution in [-0.2, 0) is 16.1 Å². The molecule has 0 saturated carbocycles. The van der Waals surface area contributed by atoms with Crippen LogP contribution in [0.2, 0.25) is 5.02 Å². The maximum absolute atomic E-state index is 12.8. The first kappa shape index (κ1) is 18.2. The topological polar surface area (TPSA) is 42.4 Å². The van der Waals surface area contributed by atoms with Crippen molar-refractivity contribution in [3.8, 4) is 0 Å². The van der Waals surface area contributed by atoms with Crippen LogP contribution in [0.15, 0.2) is 61.4 Å². The second-order valence-corrected chi connectivity index (χ2v) is 5.79. The van der Waals surface area contributed by atoms with Crippen LogP contribution >= 0.6 is 11.6 Å². The van der Waals surface area contributed by atoms with E-state index in [2.05, 4.69) is 11.6 Å². The summed E-state index contributed by atoms with van der Waals surface area (Å²) in [6.45, 7) is 6.31. The molecule has 0 radical (unpaired) electrons. The molecule has 0 saturated heterocycles. The van der Waals surface area contributed by atoms with Crippen molar-refractivity contribution in [2.75, 3.05) is 11.5 Å². The predicted octanol–water partition coefficient (Wildman–Crippen LogP) is 4.25. The lowest BCUT2D eigenvalue weighted by molar-refractivity contribution is -0.129. The van der Waals surface area contributed by atoms with Gasteiger partial charge in [-0.25, -0.2) is 0 Å². The Labute approximate surface area is 147 Å². The van der Waals surface area contributed by atoms with Gasteiger partial charge in [0.15, 0.2) is 0 Å². The molecule has 126 valence electrons. The van der Waals surface area contributed by atoms with Gasteiger partial charge in [0.05, 0.1) is 13.2 Å². The normalized spacial score (nSPS) is 11.8. The van der Waals surface area contributed by atoms with Crippen LogP contribution in [0.1, 0.15) is 18.9 Å². The molecule has 2 rings (SSSR count). The van der Waals surface area contributed by atoms with E-state index in [0.717, 1.165) is 11.3 Å². The third kappa shape index (κ3) is 5.18. The second-order valence-electron chi connectivity index (χ2n) is 5.35. The number of rotatable bonds is 8. The van der Waals surface area contributed by atoms with E-state index in [1.165, 1.54) is 0 Å². The van der Waals surface area contributed by atoms with Crippen molar-refractivity contribution in [2.24, 2.45) is 0 Å². The van der Waals surface area contributed by atoms with E-state index in [0.29, 0.717) is 24.6 Å². The fourth-order valence-corrected chi connectivity index (χ4v) is 2.34. The molecule has 2 aromatic rings. The fraction of sp³-hybridized carbons (Fsp3) is 0.263. The van der Waals surface area contributed by atoms with Gasteiger partial charge in [-0.05, 0) is 49.2 Å².